The van der Waals surface area contributed by atoms with Crippen molar-refractivity contribution in [1.82, 2.24) is 10.2 Å². The SMILES string of the molecule is CCN(CCOc1ccccc1CNC)CC1CCC1. The third-order valence-electron chi connectivity index (χ3n) is 4.19. The molecule has 0 aliphatic heterocycles. The van der Waals surface area contributed by atoms with Crippen LogP contribution in [0, 0.1) is 5.92 Å². The lowest BCUT2D eigenvalue weighted by Gasteiger charge is -2.31. The highest BCUT2D eigenvalue weighted by molar-refractivity contribution is 5.33. The van der Waals surface area contributed by atoms with Gasteiger partial charge < -0.3 is 10.1 Å². The molecule has 2 rings (SSSR count). The Balaban J connectivity index is 1.76. The van der Waals surface area contributed by atoms with Gasteiger partial charge in [-0.2, -0.15) is 0 Å². The lowest BCUT2D eigenvalue weighted by Crippen LogP contribution is -2.35. The van der Waals surface area contributed by atoms with Gasteiger partial charge in [-0.05, 0) is 38.4 Å². The molecule has 0 unspecified atom stereocenters. The van der Waals surface area contributed by atoms with Crippen LogP contribution in [-0.2, 0) is 6.54 Å². The molecule has 1 N–H and O–H groups in total. The Morgan fingerprint density at radius 3 is 2.75 bits per heavy atom. The lowest BCUT2D eigenvalue weighted by atomic mass is 9.85. The number of para-hydroxylation sites is 1. The van der Waals surface area contributed by atoms with Crippen molar-refractivity contribution in [3.8, 4) is 5.75 Å². The second-order valence-corrected chi connectivity index (χ2v) is 5.68. The first-order valence-electron chi connectivity index (χ1n) is 7.91. The highest BCUT2D eigenvalue weighted by Gasteiger charge is 2.19. The van der Waals surface area contributed by atoms with Crippen LogP contribution in [0.25, 0.3) is 0 Å². The van der Waals surface area contributed by atoms with Crippen LogP contribution in [0.4, 0.5) is 0 Å². The molecule has 1 aliphatic carbocycles. The van der Waals surface area contributed by atoms with Gasteiger partial charge in [0, 0.05) is 25.2 Å². The van der Waals surface area contributed by atoms with Crippen molar-refractivity contribution >= 4 is 0 Å². The van der Waals surface area contributed by atoms with E-state index in [1.54, 1.807) is 0 Å². The second kappa shape index (κ2) is 8.28. The molecule has 20 heavy (non-hydrogen) atoms. The fraction of sp³-hybridized carbons (Fsp3) is 0.647. The molecular weight excluding hydrogens is 248 g/mol. The van der Waals surface area contributed by atoms with E-state index in [2.05, 4.69) is 35.3 Å². The van der Waals surface area contributed by atoms with Gasteiger partial charge in [0.1, 0.15) is 12.4 Å². The molecule has 1 fully saturated rings. The second-order valence-electron chi connectivity index (χ2n) is 5.68. The molecule has 1 aliphatic rings. The Bertz CT molecular complexity index is 390. The highest BCUT2D eigenvalue weighted by Crippen LogP contribution is 2.27. The molecule has 0 amide bonds. The van der Waals surface area contributed by atoms with Crippen molar-refractivity contribution in [3.63, 3.8) is 0 Å². The minimum atomic E-state index is 0.779. The quantitative estimate of drug-likeness (QED) is 0.750. The molecule has 0 bridgehead atoms. The first kappa shape index (κ1) is 15.3. The van der Waals surface area contributed by atoms with E-state index in [-0.39, 0.29) is 0 Å². The van der Waals surface area contributed by atoms with Crippen molar-refractivity contribution in [2.75, 3.05) is 33.3 Å². The Morgan fingerprint density at radius 1 is 1.30 bits per heavy atom. The van der Waals surface area contributed by atoms with E-state index < -0.39 is 0 Å². The average molecular weight is 276 g/mol. The van der Waals surface area contributed by atoms with Crippen molar-refractivity contribution in [2.45, 2.75) is 32.7 Å². The topological polar surface area (TPSA) is 24.5 Å². The summed E-state index contributed by atoms with van der Waals surface area (Å²) in [5.41, 5.74) is 1.23. The zero-order valence-corrected chi connectivity index (χ0v) is 12.9. The number of nitrogens with zero attached hydrogens (tertiary/aromatic N) is 1. The van der Waals surface area contributed by atoms with E-state index in [0.717, 1.165) is 37.9 Å². The molecule has 3 nitrogen and oxygen atoms in total. The standard InChI is InChI=1S/C17H28N2O/c1-3-19(14-15-7-6-8-15)11-12-20-17-10-5-4-9-16(17)13-18-2/h4-5,9-10,15,18H,3,6-8,11-14H2,1-2H3. The molecule has 0 aromatic heterocycles. The van der Waals surface area contributed by atoms with Gasteiger partial charge >= 0.3 is 0 Å². The van der Waals surface area contributed by atoms with E-state index in [9.17, 15) is 0 Å². The van der Waals surface area contributed by atoms with Crippen LogP contribution in [0.3, 0.4) is 0 Å². The predicted octanol–water partition coefficient (Wildman–Crippen LogP) is 2.91. The van der Waals surface area contributed by atoms with Crippen LogP contribution in [0.15, 0.2) is 24.3 Å². The molecule has 3 heteroatoms. The first-order chi connectivity index (χ1) is 9.83. The fourth-order valence-electron chi connectivity index (χ4n) is 2.68. The van der Waals surface area contributed by atoms with Crippen LogP contribution in [0.5, 0.6) is 5.75 Å². The molecule has 112 valence electrons. The van der Waals surface area contributed by atoms with Crippen LogP contribution in [0.1, 0.15) is 31.7 Å². The summed E-state index contributed by atoms with van der Waals surface area (Å²) in [6.45, 7) is 7.28. The number of nitrogens with one attached hydrogen (secondary N) is 1. The maximum atomic E-state index is 5.97. The number of benzene rings is 1. The molecule has 0 heterocycles. The third-order valence-corrected chi connectivity index (χ3v) is 4.19. The monoisotopic (exact) mass is 276 g/mol. The largest absolute Gasteiger partial charge is 0.492 e. The number of likely N-dealkylation sites (N-methyl/N-ethyl adjacent to an activating group) is 1. The lowest BCUT2D eigenvalue weighted by molar-refractivity contribution is 0.158. The van der Waals surface area contributed by atoms with Gasteiger partial charge in [0.25, 0.3) is 0 Å². The molecule has 0 spiro atoms. The zero-order valence-electron chi connectivity index (χ0n) is 12.9. The maximum absolute atomic E-state index is 5.97. The van der Waals surface area contributed by atoms with Gasteiger partial charge in [0.2, 0.25) is 0 Å². The summed E-state index contributed by atoms with van der Waals surface area (Å²) in [7, 11) is 1.97. The summed E-state index contributed by atoms with van der Waals surface area (Å²) in [5.74, 6) is 1.95. The molecular formula is C17H28N2O. The summed E-state index contributed by atoms with van der Waals surface area (Å²) < 4.78 is 5.97. The minimum Gasteiger partial charge on any atom is -0.492 e. The Labute approximate surface area is 123 Å². The van der Waals surface area contributed by atoms with Gasteiger partial charge in [0.05, 0.1) is 0 Å². The van der Waals surface area contributed by atoms with E-state index in [1.165, 1.54) is 31.4 Å². The van der Waals surface area contributed by atoms with Gasteiger partial charge in [-0.15, -0.1) is 0 Å². The molecule has 1 aromatic rings. The third kappa shape index (κ3) is 4.50. The molecule has 1 aromatic carbocycles. The summed E-state index contributed by atoms with van der Waals surface area (Å²) >= 11 is 0. The number of hydrogen-bond donors (Lipinski definition) is 1. The maximum Gasteiger partial charge on any atom is 0.123 e. The molecule has 1 saturated carbocycles. The van der Waals surface area contributed by atoms with Crippen molar-refractivity contribution in [1.29, 1.82) is 0 Å². The Hall–Kier alpha value is -1.06. The summed E-state index contributed by atoms with van der Waals surface area (Å²) in [4.78, 5) is 2.52. The van der Waals surface area contributed by atoms with Crippen LogP contribution in [0.2, 0.25) is 0 Å². The molecule has 0 radical (unpaired) electrons. The zero-order chi connectivity index (χ0) is 14.2. The summed E-state index contributed by atoms with van der Waals surface area (Å²) in [6, 6.07) is 8.29. The Morgan fingerprint density at radius 2 is 2.10 bits per heavy atom. The fourth-order valence-corrected chi connectivity index (χ4v) is 2.68. The summed E-state index contributed by atoms with van der Waals surface area (Å²) in [6.07, 6.45) is 4.26. The van der Waals surface area contributed by atoms with E-state index in [4.69, 9.17) is 4.74 Å². The highest BCUT2D eigenvalue weighted by atomic mass is 16.5. The average Bonchev–Trinajstić information content (AvgIpc) is 2.42. The van der Waals surface area contributed by atoms with Crippen molar-refractivity contribution in [3.05, 3.63) is 29.8 Å². The van der Waals surface area contributed by atoms with Crippen molar-refractivity contribution in [2.24, 2.45) is 5.92 Å². The predicted molar refractivity (Wildman–Crippen MR) is 84.2 cm³/mol. The van der Waals surface area contributed by atoms with Gasteiger partial charge in [-0.1, -0.05) is 31.5 Å². The van der Waals surface area contributed by atoms with E-state index >= 15 is 0 Å². The Kier molecular flexibility index (Phi) is 6.34. The van der Waals surface area contributed by atoms with Crippen molar-refractivity contribution < 1.29 is 4.74 Å². The van der Waals surface area contributed by atoms with Gasteiger partial charge in [-0.3, -0.25) is 4.90 Å². The first-order valence-corrected chi connectivity index (χ1v) is 7.91. The van der Waals surface area contributed by atoms with Gasteiger partial charge in [-0.25, -0.2) is 0 Å². The van der Waals surface area contributed by atoms with E-state index in [1.807, 2.05) is 13.1 Å². The normalized spacial score (nSPS) is 15.3. The van der Waals surface area contributed by atoms with Crippen LogP contribution < -0.4 is 10.1 Å². The number of hydrogen-bond acceptors (Lipinski definition) is 3. The van der Waals surface area contributed by atoms with Crippen LogP contribution >= 0.6 is 0 Å². The smallest absolute Gasteiger partial charge is 0.123 e. The number of rotatable bonds is 9. The van der Waals surface area contributed by atoms with Gasteiger partial charge in [0.15, 0.2) is 0 Å². The van der Waals surface area contributed by atoms with Crippen LogP contribution in [-0.4, -0.2) is 38.2 Å². The number of ether oxygens (including phenoxy) is 1. The van der Waals surface area contributed by atoms with E-state index in [0.29, 0.717) is 0 Å². The summed E-state index contributed by atoms with van der Waals surface area (Å²) in [5, 5.41) is 3.19. The minimum absolute atomic E-state index is 0.779. The molecule has 0 saturated heterocycles. The molecule has 0 atom stereocenters.